The topological polar surface area (TPSA) is 46.1 Å². The molecule has 0 saturated carbocycles. The van der Waals surface area contributed by atoms with Gasteiger partial charge in [-0.05, 0) is 18.4 Å². The van der Waals surface area contributed by atoms with Crippen molar-refractivity contribution in [3.05, 3.63) is 54.1 Å². The van der Waals surface area contributed by atoms with Crippen LogP contribution in [0.2, 0.25) is 0 Å². The minimum Gasteiger partial charge on any atom is -0.336 e. The molecule has 0 N–H and O–H groups in total. The van der Waals surface area contributed by atoms with E-state index in [0.717, 1.165) is 16.2 Å². The molecule has 1 amide bonds. The SMILES string of the molecule is CSc1ccccc1C(=O)N(C)Cc1cnccn1. The van der Waals surface area contributed by atoms with Crippen molar-refractivity contribution in [2.24, 2.45) is 0 Å². The Balaban J connectivity index is 2.15. The van der Waals surface area contributed by atoms with Crippen LogP contribution < -0.4 is 0 Å². The molecular formula is C14H15N3OS. The zero-order valence-electron chi connectivity index (χ0n) is 10.9. The smallest absolute Gasteiger partial charge is 0.255 e. The van der Waals surface area contributed by atoms with Crippen LogP contribution in [-0.2, 0) is 6.54 Å². The van der Waals surface area contributed by atoms with Crippen LogP contribution in [-0.4, -0.2) is 34.1 Å². The molecule has 0 radical (unpaired) electrons. The van der Waals surface area contributed by atoms with Crippen molar-refractivity contribution in [3.63, 3.8) is 0 Å². The van der Waals surface area contributed by atoms with Gasteiger partial charge in [0.25, 0.3) is 5.91 Å². The van der Waals surface area contributed by atoms with Crippen molar-refractivity contribution < 1.29 is 4.79 Å². The van der Waals surface area contributed by atoms with Gasteiger partial charge in [-0.15, -0.1) is 11.8 Å². The van der Waals surface area contributed by atoms with Gasteiger partial charge in [0.15, 0.2) is 0 Å². The number of carbonyl (C=O) groups is 1. The highest BCUT2D eigenvalue weighted by atomic mass is 32.2. The average Bonchev–Trinajstić information content (AvgIpc) is 2.47. The summed E-state index contributed by atoms with van der Waals surface area (Å²) in [6.07, 6.45) is 6.89. The largest absolute Gasteiger partial charge is 0.336 e. The van der Waals surface area contributed by atoms with Gasteiger partial charge in [-0.2, -0.15) is 0 Å². The van der Waals surface area contributed by atoms with E-state index in [1.165, 1.54) is 0 Å². The highest BCUT2D eigenvalue weighted by Crippen LogP contribution is 2.21. The second-order valence-electron chi connectivity index (χ2n) is 4.06. The van der Waals surface area contributed by atoms with Gasteiger partial charge < -0.3 is 4.90 Å². The summed E-state index contributed by atoms with van der Waals surface area (Å²) < 4.78 is 0. The molecule has 2 aromatic rings. The number of thioether (sulfide) groups is 1. The summed E-state index contributed by atoms with van der Waals surface area (Å²) in [5.41, 5.74) is 1.50. The Labute approximate surface area is 116 Å². The number of hydrogen-bond donors (Lipinski definition) is 0. The van der Waals surface area contributed by atoms with Crippen LogP contribution in [0, 0.1) is 0 Å². The van der Waals surface area contributed by atoms with Gasteiger partial charge in [-0.3, -0.25) is 14.8 Å². The highest BCUT2D eigenvalue weighted by Gasteiger charge is 2.15. The van der Waals surface area contributed by atoms with Crippen molar-refractivity contribution in [2.45, 2.75) is 11.4 Å². The molecule has 0 aliphatic carbocycles. The molecule has 0 bridgehead atoms. The molecule has 1 heterocycles. The Bertz CT molecular complexity index is 560. The van der Waals surface area contributed by atoms with Crippen molar-refractivity contribution in [3.8, 4) is 0 Å². The van der Waals surface area contributed by atoms with Crippen LogP contribution in [0.1, 0.15) is 16.1 Å². The lowest BCUT2D eigenvalue weighted by molar-refractivity contribution is 0.0780. The van der Waals surface area contributed by atoms with Crippen molar-refractivity contribution in [1.82, 2.24) is 14.9 Å². The number of aromatic nitrogens is 2. The monoisotopic (exact) mass is 273 g/mol. The molecule has 0 aliphatic rings. The normalized spacial score (nSPS) is 10.2. The first kappa shape index (κ1) is 13.5. The third kappa shape index (κ3) is 3.32. The van der Waals surface area contributed by atoms with Crippen molar-refractivity contribution in [2.75, 3.05) is 13.3 Å². The Morgan fingerprint density at radius 3 is 2.79 bits per heavy atom. The standard InChI is InChI=1S/C14H15N3OS/c1-17(10-11-9-15-7-8-16-11)14(18)12-5-3-4-6-13(12)19-2/h3-9H,10H2,1-2H3. The molecule has 4 nitrogen and oxygen atoms in total. The van der Waals surface area contributed by atoms with Gasteiger partial charge in [-0.1, -0.05) is 12.1 Å². The third-order valence-corrected chi connectivity index (χ3v) is 3.50. The average molecular weight is 273 g/mol. The predicted molar refractivity (Wildman–Crippen MR) is 76.1 cm³/mol. The van der Waals surface area contributed by atoms with E-state index in [0.29, 0.717) is 6.54 Å². The van der Waals surface area contributed by atoms with Gasteiger partial charge >= 0.3 is 0 Å². The van der Waals surface area contributed by atoms with Crippen LogP contribution in [0.15, 0.2) is 47.8 Å². The van der Waals surface area contributed by atoms with Crippen LogP contribution in [0.4, 0.5) is 0 Å². The van der Waals surface area contributed by atoms with E-state index in [1.54, 1.807) is 42.3 Å². The fourth-order valence-electron chi connectivity index (χ4n) is 1.75. The molecule has 0 atom stereocenters. The van der Waals surface area contributed by atoms with Gasteiger partial charge in [0.1, 0.15) is 0 Å². The van der Waals surface area contributed by atoms with E-state index >= 15 is 0 Å². The molecule has 1 aromatic heterocycles. The second-order valence-corrected chi connectivity index (χ2v) is 4.91. The van der Waals surface area contributed by atoms with E-state index in [1.807, 2.05) is 30.5 Å². The Kier molecular flexibility index (Phi) is 4.52. The first-order chi connectivity index (χ1) is 9.22. The molecular weight excluding hydrogens is 258 g/mol. The van der Waals surface area contributed by atoms with E-state index in [2.05, 4.69) is 9.97 Å². The first-order valence-corrected chi connectivity index (χ1v) is 7.08. The van der Waals surface area contributed by atoms with Crippen LogP contribution in [0.25, 0.3) is 0 Å². The summed E-state index contributed by atoms with van der Waals surface area (Å²) in [5, 5.41) is 0. The van der Waals surface area contributed by atoms with Crippen LogP contribution in [0.5, 0.6) is 0 Å². The fraction of sp³-hybridized carbons (Fsp3) is 0.214. The lowest BCUT2D eigenvalue weighted by Crippen LogP contribution is -2.27. The van der Waals surface area contributed by atoms with E-state index in [-0.39, 0.29) is 5.91 Å². The van der Waals surface area contributed by atoms with Crippen LogP contribution >= 0.6 is 11.8 Å². The first-order valence-electron chi connectivity index (χ1n) is 5.85. The molecule has 0 unspecified atom stereocenters. The molecule has 0 spiro atoms. The number of hydrogen-bond acceptors (Lipinski definition) is 4. The maximum atomic E-state index is 12.4. The minimum absolute atomic E-state index is 0.00407. The lowest BCUT2D eigenvalue weighted by atomic mass is 10.2. The summed E-state index contributed by atoms with van der Waals surface area (Å²) >= 11 is 1.57. The van der Waals surface area contributed by atoms with Gasteiger partial charge in [0.05, 0.1) is 24.0 Å². The maximum Gasteiger partial charge on any atom is 0.255 e. The quantitative estimate of drug-likeness (QED) is 0.803. The van der Waals surface area contributed by atoms with E-state index in [9.17, 15) is 4.79 Å². The Hall–Kier alpha value is -1.88. The third-order valence-electron chi connectivity index (χ3n) is 2.70. The van der Waals surface area contributed by atoms with Crippen LogP contribution in [0.3, 0.4) is 0 Å². The molecule has 0 fully saturated rings. The van der Waals surface area contributed by atoms with E-state index in [4.69, 9.17) is 0 Å². The Morgan fingerprint density at radius 1 is 1.32 bits per heavy atom. The second kappa shape index (κ2) is 6.33. The molecule has 2 rings (SSSR count). The number of benzene rings is 1. The summed E-state index contributed by atoms with van der Waals surface area (Å²) in [7, 11) is 1.77. The zero-order valence-corrected chi connectivity index (χ0v) is 11.7. The molecule has 1 aromatic carbocycles. The predicted octanol–water partition coefficient (Wildman–Crippen LogP) is 2.47. The number of amides is 1. The van der Waals surface area contributed by atoms with Gasteiger partial charge in [-0.25, -0.2) is 0 Å². The molecule has 98 valence electrons. The van der Waals surface area contributed by atoms with Crippen molar-refractivity contribution in [1.29, 1.82) is 0 Å². The number of carbonyl (C=O) groups excluding carboxylic acids is 1. The maximum absolute atomic E-state index is 12.4. The zero-order chi connectivity index (χ0) is 13.7. The summed E-state index contributed by atoms with van der Waals surface area (Å²) in [6, 6.07) is 7.61. The van der Waals surface area contributed by atoms with Crippen molar-refractivity contribution >= 4 is 17.7 Å². The number of rotatable bonds is 4. The number of nitrogens with zero attached hydrogens (tertiary/aromatic N) is 3. The van der Waals surface area contributed by atoms with E-state index < -0.39 is 0 Å². The molecule has 19 heavy (non-hydrogen) atoms. The molecule has 5 heteroatoms. The molecule has 0 saturated heterocycles. The highest BCUT2D eigenvalue weighted by molar-refractivity contribution is 7.98. The lowest BCUT2D eigenvalue weighted by Gasteiger charge is -2.18. The summed E-state index contributed by atoms with van der Waals surface area (Å²) in [5.74, 6) is -0.00407. The summed E-state index contributed by atoms with van der Waals surface area (Å²) in [6.45, 7) is 0.454. The van der Waals surface area contributed by atoms with Gasteiger partial charge in [0, 0.05) is 24.3 Å². The molecule has 0 aliphatic heterocycles. The van der Waals surface area contributed by atoms with Gasteiger partial charge in [0.2, 0.25) is 0 Å². The summed E-state index contributed by atoms with van der Waals surface area (Å²) in [4.78, 5) is 23.2. The minimum atomic E-state index is -0.00407. The Morgan fingerprint density at radius 2 is 2.11 bits per heavy atom. The fourth-order valence-corrected chi connectivity index (χ4v) is 2.34.